The first kappa shape index (κ1) is 17.8. The van der Waals surface area contributed by atoms with Gasteiger partial charge in [0.25, 0.3) is 0 Å². The number of amides is 1. The predicted molar refractivity (Wildman–Crippen MR) is 93.2 cm³/mol. The van der Waals surface area contributed by atoms with E-state index in [1.54, 1.807) is 0 Å². The molecule has 0 atom stereocenters. The second-order valence-corrected chi connectivity index (χ2v) is 6.51. The maximum Gasteiger partial charge on any atom is 0.227 e. The van der Waals surface area contributed by atoms with E-state index in [0.717, 1.165) is 37.0 Å². The van der Waals surface area contributed by atoms with Gasteiger partial charge in [-0.05, 0) is 44.6 Å². The van der Waals surface area contributed by atoms with E-state index in [-0.39, 0.29) is 5.91 Å². The maximum absolute atomic E-state index is 12.6. The Labute approximate surface area is 139 Å². The number of carbonyl (C=O) groups excluding carboxylic acids is 1. The van der Waals surface area contributed by atoms with E-state index in [2.05, 4.69) is 5.32 Å². The summed E-state index contributed by atoms with van der Waals surface area (Å²) in [6, 6.07) is 7.99. The monoisotopic (exact) mass is 318 g/mol. The third kappa shape index (κ3) is 4.25. The summed E-state index contributed by atoms with van der Waals surface area (Å²) in [5.41, 5.74) is 6.43. The lowest BCUT2D eigenvalue weighted by atomic mass is 9.81. The third-order valence-electron chi connectivity index (χ3n) is 5.23. The van der Waals surface area contributed by atoms with Crippen LogP contribution in [0.4, 0.5) is 0 Å². The van der Waals surface area contributed by atoms with Crippen LogP contribution < -0.4 is 15.8 Å². The fourth-order valence-electron chi connectivity index (χ4n) is 3.27. The van der Waals surface area contributed by atoms with Crippen LogP contribution in [-0.2, 0) is 11.3 Å². The van der Waals surface area contributed by atoms with Crippen molar-refractivity contribution < 1.29 is 9.53 Å². The van der Waals surface area contributed by atoms with Crippen molar-refractivity contribution >= 4 is 5.91 Å². The van der Waals surface area contributed by atoms with Crippen molar-refractivity contribution in [2.45, 2.75) is 65.0 Å². The van der Waals surface area contributed by atoms with Crippen molar-refractivity contribution in [2.75, 3.05) is 6.54 Å². The highest BCUT2D eigenvalue weighted by molar-refractivity contribution is 5.82. The van der Waals surface area contributed by atoms with E-state index in [0.29, 0.717) is 19.2 Å². The van der Waals surface area contributed by atoms with Gasteiger partial charge in [0.2, 0.25) is 5.91 Å². The van der Waals surface area contributed by atoms with Crippen molar-refractivity contribution in [3.63, 3.8) is 0 Å². The van der Waals surface area contributed by atoms with Gasteiger partial charge in [-0.15, -0.1) is 0 Å². The van der Waals surface area contributed by atoms with Gasteiger partial charge >= 0.3 is 0 Å². The minimum atomic E-state index is -0.457. The molecule has 1 fully saturated rings. The zero-order chi connectivity index (χ0) is 16.7. The molecule has 23 heavy (non-hydrogen) atoms. The van der Waals surface area contributed by atoms with Crippen molar-refractivity contribution in [1.82, 2.24) is 5.32 Å². The predicted octanol–water partition coefficient (Wildman–Crippen LogP) is 3.39. The highest BCUT2D eigenvalue weighted by Gasteiger charge is 2.33. The van der Waals surface area contributed by atoms with Crippen LogP contribution in [-0.4, -0.2) is 18.6 Å². The zero-order valence-corrected chi connectivity index (χ0v) is 14.4. The molecule has 3 N–H and O–H groups in total. The quantitative estimate of drug-likeness (QED) is 0.772. The molecule has 0 unspecified atom stereocenters. The van der Waals surface area contributed by atoms with Crippen LogP contribution in [0.2, 0.25) is 0 Å². The number of hydrogen-bond acceptors (Lipinski definition) is 3. The summed E-state index contributed by atoms with van der Waals surface area (Å²) in [4.78, 5) is 12.6. The molecule has 0 radical (unpaired) electrons. The summed E-state index contributed by atoms with van der Waals surface area (Å²) in [6.07, 6.45) is 6.58. The van der Waals surface area contributed by atoms with Crippen LogP contribution >= 0.6 is 0 Å². The number of benzene rings is 1. The van der Waals surface area contributed by atoms with Gasteiger partial charge in [0.05, 0.1) is 11.5 Å². The van der Waals surface area contributed by atoms with Gasteiger partial charge in [-0.3, -0.25) is 4.79 Å². The lowest BCUT2D eigenvalue weighted by molar-refractivity contribution is -0.131. The van der Waals surface area contributed by atoms with Crippen LogP contribution in [0.15, 0.2) is 24.3 Å². The first-order chi connectivity index (χ1) is 11.1. The molecule has 1 saturated carbocycles. The SMILES string of the molecule is CCC(CC)(CN)C(=O)NCc1ccccc1OC1CCCC1. The Morgan fingerprint density at radius 3 is 2.52 bits per heavy atom. The van der Waals surface area contributed by atoms with Gasteiger partial charge in [0.15, 0.2) is 0 Å². The molecule has 0 saturated heterocycles. The van der Waals surface area contributed by atoms with Crippen molar-refractivity contribution in [3.8, 4) is 5.75 Å². The average Bonchev–Trinajstić information content (AvgIpc) is 3.09. The van der Waals surface area contributed by atoms with Crippen LogP contribution in [0.1, 0.15) is 57.9 Å². The fraction of sp³-hybridized carbons (Fsp3) is 0.632. The molecule has 1 aliphatic carbocycles. The second kappa shape index (κ2) is 8.34. The molecule has 1 aromatic rings. The van der Waals surface area contributed by atoms with Gasteiger partial charge in [0, 0.05) is 18.7 Å². The van der Waals surface area contributed by atoms with Gasteiger partial charge < -0.3 is 15.8 Å². The molecule has 4 heteroatoms. The first-order valence-electron chi connectivity index (χ1n) is 8.88. The lowest BCUT2D eigenvalue weighted by Gasteiger charge is -2.28. The molecule has 4 nitrogen and oxygen atoms in total. The molecule has 2 rings (SSSR count). The summed E-state index contributed by atoms with van der Waals surface area (Å²) in [7, 11) is 0. The molecule has 0 bridgehead atoms. The number of hydrogen-bond donors (Lipinski definition) is 2. The molecule has 1 amide bonds. The van der Waals surface area contributed by atoms with Crippen LogP contribution in [0.3, 0.4) is 0 Å². The summed E-state index contributed by atoms with van der Waals surface area (Å²) in [6.45, 7) is 4.91. The molecule has 0 spiro atoms. The molecule has 1 aromatic carbocycles. The Balaban J connectivity index is 2.01. The van der Waals surface area contributed by atoms with Crippen LogP contribution in [0, 0.1) is 5.41 Å². The van der Waals surface area contributed by atoms with E-state index in [9.17, 15) is 4.79 Å². The molecule has 0 aromatic heterocycles. The van der Waals surface area contributed by atoms with E-state index in [1.807, 2.05) is 38.1 Å². The smallest absolute Gasteiger partial charge is 0.227 e. The van der Waals surface area contributed by atoms with Crippen LogP contribution in [0.25, 0.3) is 0 Å². The molecule has 0 heterocycles. The van der Waals surface area contributed by atoms with Gasteiger partial charge in [0.1, 0.15) is 5.75 Å². The highest BCUT2D eigenvalue weighted by Crippen LogP contribution is 2.28. The lowest BCUT2D eigenvalue weighted by Crippen LogP contribution is -2.45. The summed E-state index contributed by atoms with van der Waals surface area (Å²) < 4.78 is 6.13. The van der Waals surface area contributed by atoms with E-state index in [1.165, 1.54) is 12.8 Å². The molecule has 1 aliphatic rings. The number of nitrogens with one attached hydrogen (secondary N) is 1. The van der Waals surface area contributed by atoms with Gasteiger partial charge in [-0.2, -0.15) is 0 Å². The standard InChI is InChI=1S/C19H30N2O2/c1-3-19(4-2,14-20)18(22)21-13-15-9-5-8-12-17(15)23-16-10-6-7-11-16/h5,8-9,12,16H,3-4,6-7,10-11,13-14,20H2,1-2H3,(H,21,22). The Morgan fingerprint density at radius 2 is 1.91 bits per heavy atom. The Bertz CT molecular complexity index is 498. The Kier molecular flexibility index (Phi) is 6.46. The Morgan fingerprint density at radius 1 is 1.26 bits per heavy atom. The second-order valence-electron chi connectivity index (χ2n) is 6.51. The maximum atomic E-state index is 12.6. The topological polar surface area (TPSA) is 64.4 Å². The number of nitrogens with two attached hydrogens (primary N) is 1. The van der Waals surface area contributed by atoms with Crippen molar-refractivity contribution in [2.24, 2.45) is 11.1 Å². The summed E-state index contributed by atoms with van der Waals surface area (Å²) in [5, 5.41) is 3.06. The van der Waals surface area contributed by atoms with Crippen molar-refractivity contribution in [1.29, 1.82) is 0 Å². The molecular weight excluding hydrogens is 288 g/mol. The first-order valence-corrected chi connectivity index (χ1v) is 8.88. The number of rotatable bonds is 8. The van der Waals surface area contributed by atoms with Crippen molar-refractivity contribution in [3.05, 3.63) is 29.8 Å². The number of carbonyl (C=O) groups is 1. The van der Waals surface area contributed by atoms with E-state index >= 15 is 0 Å². The minimum Gasteiger partial charge on any atom is -0.490 e. The van der Waals surface area contributed by atoms with Crippen LogP contribution in [0.5, 0.6) is 5.75 Å². The zero-order valence-electron chi connectivity index (χ0n) is 14.4. The van der Waals surface area contributed by atoms with Gasteiger partial charge in [-0.1, -0.05) is 32.0 Å². The molecular formula is C19H30N2O2. The average molecular weight is 318 g/mol. The largest absolute Gasteiger partial charge is 0.490 e. The van der Waals surface area contributed by atoms with E-state index in [4.69, 9.17) is 10.5 Å². The summed E-state index contributed by atoms with van der Waals surface area (Å²) >= 11 is 0. The summed E-state index contributed by atoms with van der Waals surface area (Å²) in [5.74, 6) is 0.937. The third-order valence-corrected chi connectivity index (χ3v) is 5.23. The normalized spacial score (nSPS) is 15.6. The van der Waals surface area contributed by atoms with E-state index < -0.39 is 5.41 Å². The fourth-order valence-corrected chi connectivity index (χ4v) is 3.27. The minimum absolute atomic E-state index is 0.0423. The number of ether oxygens (including phenoxy) is 1. The van der Waals surface area contributed by atoms with Gasteiger partial charge in [-0.25, -0.2) is 0 Å². The highest BCUT2D eigenvalue weighted by atomic mass is 16.5. The molecule has 128 valence electrons. The Hall–Kier alpha value is -1.55. The number of para-hydroxylation sites is 1. The molecule has 0 aliphatic heterocycles.